The second kappa shape index (κ2) is 17.2. The van der Waals surface area contributed by atoms with Crippen LogP contribution in [0.25, 0.3) is 28.1 Å². The molecule has 1 aliphatic heterocycles. The summed E-state index contributed by atoms with van der Waals surface area (Å²) in [5, 5.41) is 35.6. The number of fused-ring (bicyclic) bond motifs is 3. The van der Waals surface area contributed by atoms with Gasteiger partial charge < -0.3 is 19.9 Å². The van der Waals surface area contributed by atoms with E-state index in [1.54, 1.807) is 0 Å². The average molecular weight is 802 g/mol. The Bertz CT molecular complexity index is 2050. The van der Waals surface area contributed by atoms with E-state index in [-0.39, 0.29) is 0 Å². The van der Waals surface area contributed by atoms with Crippen molar-refractivity contribution in [2.24, 2.45) is 0 Å². The molecule has 0 aliphatic carbocycles. The van der Waals surface area contributed by atoms with Gasteiger partial charge in [-0.05, 0) is 80.9 Å². The topological polar surface area (TPSA) is 168 Å². The number of aryl methyl sites for hydroxylation is 2. The molecule has 1 fully saturated rings. The fourth-order valence-corrected chi connectivity index (χ4v) is 5.06. The first-order valence-corrected chi connectivity index (χ1v) is 15.6. The van der Waals surface area contributed by atoms with E-state index in [1.165, 1.54) is 30.6 Å². The zero-order chi connectivity index (χ0) is 40.8. The standard InChI is InChI=1S/C25H26ClN7.3C2HF3O2/c1-3-31-10-7-21(29-31)23-14-24-22(5-6-25-28-27-17(2)33(24)25)32(23)16-19-11-18(12-20(26)13-19)15-30-8-4-9-30;3*3-2(4,5)1(6)7/h5-7,10-14H,3-4,8-9,15-16H2,1-2H3;3*(H,6,7). The Labute approximate surface area is 302 Å². The Hall–Kier alpha value is -5.38. The van der Waals surface area contributed by atoms with Crippen LogP contribution in [0.1, 0.15) is 30.3 Å². The molecule has 6 rings (SSSR count). The number of benzene rings is 1. The highest BCUT2D eigenvalue weighted by Gasteiger charge is 2.39. The van der Waals surface area contributed by atoms with Crippen molar-refractivity contribution in [2.75, 3.05) is 13.1 Å². The minimum absolute atomic E-state index is 0.706. The highest BCUT2D eigenvalue weighted by atomic mass is 35.5. The predicted molar refractivity (Wildman–Crippen MR) is 172 cm³/mol. The molecule has 1 aliphatic rings. The second-order valence-electron chi connectivity index (χ2n) is 11.2. The Balaban J connectivity index is 0.000000307. The Morgan fingerprint density at radius 2 is 1.28 bits per heavy atom. The van der Waals surface area contributed by atoms with Crippen molar-refractivity contribution in [2.45, 2.75) is 58.4 Å². The lowest BCUT2D eigenvalue weighted by Crippen LogP contribution is -2.36. The number of nitrogens with zero attached hydrogens (tertiary/aromatic N) is 7. The van der Waals surface area contributed by atoms with Crippen molar-refractivity contribution in [1.82, 2.24) is 33.8 Å². The van der Waals surface area contributed by atoms with Crippen LogP contribution in [0.3, 0.4) is 0 Å². The number of carboxylic acid groups (broad SMARTS) is 3. The number of halogens is 10. The summed E-state index contributed by atoms with van der Waals surface area (Å²) in [6.45, 7) is 8.92. The van der Waals surface area contributed by atoms with Crippen molar-refractivity contribution in [1.29, 1.82) is 0 Å². The van der Waals surface area contributed by atoms with Crippen molar-refractivity contribution in [3.05, 3.63) is 70.6 Å². The molecule has 5 aromatic rings. The van der Waals surface area contributed by atoms with E-state index in [1.807, 2.05) is 23.9 Å². The molecule has 1 aromatic carbocycles. The van der Waals surface area contributed by atoms with E-state index in [4.69, 9.17) is 46.4 Å². The number of carbonyl (C=O) groups is 3. The lowest BCUT2D eigenvalue weighted by Gasteiger charge is -2.30. The van der Waals surface area contributed by atoms with Gasteiger partial charge in [0.05, 0.1) is 16.7 Å². The van der Waals surface area contributed by atoms with Gasteiger partial charge in [0, 0.05) is 30.9 Å². The third-order valence-electron chi connectivity index (χ3n) is 7.27. The summed E-state index contributed by atoms with van der Waals surface area (Å²) in [5.41, 5.74) is 7.53. The largest absolute Gasteiger partial charge is 0.490 e. The van der Waals surface area contributed by atoms with Gasteiger partial charge in [0.25, 0.3) is 0 Å². The molecule has 4 aromatic heterocycles. The summed E-state index contributed by atoms with van der Waals surface area (Å²) >= 11 is 6.55. The number of aliphatic carboxylic acids is 3. The van der Waals surface area contributed by atoms with Crippen LogP contribution in [0.15, 0.2) is 48.7 Å². The number of aromatic nitrogens is 6. The van der Waals surface area contributed by atoms with Crippen LogP contribution in [0.5, 0.6) is 0 Å². The number of alkyl halides is 9. The molecule has 0 atom stereocenters. The quantitative estimate of drug-likeness (QED) is 0.158. The van der Waals surface area contributed by atoms with Gasteiger partial charge in [-0.3, -0.25) is 14.0 Å². The van der Waals surface area contributed by atoms with Crippen molar-refractivity contribution in [3.63, 3.8) is 0 Å². The van der Waals surface area contributed by atoms with E-state index in [9.17, 15) is 39.5 Å². The molecule has 0 bridgehead atoms. The first kappa shape index (κ1) is 43.0. The molecule has 0 amide bonds. The van der Waals surface area contributed by atoms with Crippen molar-refractivity contribution >= 4 is 46.2 Å². The molecular weight excluding hydrogens is 773 g/mol. The molecule has 23 heteroatoms. The second-order valence-corrected chi connectivity index (χ2v) is 11.7. The first-order chi connectivity index (χ1) is 24.9. The number of hydrogen-bond donors (Lipinski definition) is 3. The molecule has 0 radical (unpaired) electrons. The number of pyridine rings is 1. The Kier molecular flexibility index (Phi) is 13.7. The lowest BCUT2D eigenvalue weighted by molar-refractivity contribution is -0.193. The highest BCUT2D eigenvalue weighted by molar-refractivity contribution is 6.30. The number of hydrogen-bond acceptors (Lipinski definition) is 7. The predicted octanol–water partition coefficient (Wildman–Crippen LogP) is 6.68. The minimum atomic E-state index is -5.08. The maximum atomic E-state index is 10.6. The lowest BCUT2D eigenvalue weighted by atomic mass is 10.1. The summed E-state index contributed by atoms with van der Waals surface area (Å²) in [5.74, 6) is -7.40. The van der Waals surface area contributed by atoms with E-state index >= 15 is 0 Å². The van der Waals surface area contributed by atoms with E-state index < -0.39 is 36.4 Å². The SMILES string of the molecule is CCn1ccc(-c2cc3c(ccc4nnc(C)n43)n2Cc2cc(Cl)cc(CN3CCC3)c2)n1.O=C(O)C(F)(F)F.O=C(O)C(F)(F)F.O=C(O)C(F)(F)F. The van der Waals surface area contributed by atoms with Crippen LogP contribution in [-0.2, 0) is 34.0 Å². The maximum absolute atomic E-state index is 10.6. The van der Waals surface area contributed by atoms with Gasteiger partial charge in [0.2, 0.25) is 0 Å². The van der Waals surface area contributed by atoms with Crippen LogP contribution >= 0.6 is 11.6 Å². The van der Waals surface area contributed by atoms with Crippen LogP contribution in [-0.4, -0.2) is 98.7 Å². The summed E-state index contributed by atoms with van der Waals surface area (Å²) in [6.07, 6.45) is -11.9. The minimum Gasteiger partial charge on any atom is -0.475 e. The average Bonchev–Trinajstić information content (AvgIpc) is 3.75. The molecule has 5 heterocycles. The molecule has 0 spiro atoms. The fraction of sp³-hybridized carbons (Fsp3) is 0.355. The Morgan fingerprint density at radius 1 is 0.759 bits per heavy atom. The zero-order valence-corrected chi connectivity index (χ0v) is 28.6. The van der Waals surface area contributed by atoms with Crippen molar-refractivity contribution in [3.8, 4) is 11.4 Å². The van der Waals surface area contributed by atoms with Gasteiger partial charge >= 0.3 is 36.4 Å². The van der Waals surface area contributed by atoms with Gasteiger partial charge in [-0.25, -0.2) is 14.4 Å². The van der Waals surface area contributed by atoms with Gasteiger partial charge in [0.15, 0.2) is 5.65 Å². The van der Waals surface area contributed by atoms with E-state index in [0.717, 1.165) is 52.0 Å². The third-order valence-corrected chi connectivity index (χ3v) is 7.48. The van der Waals surface area contributed by atoms with Gasteiger partial charge in [-0.15, -0.1) is 10.2 Å². The zero-order valence-electron chi connectivity index (χ0n) is 27.8. The number of likely N-dealkylation sites (tertiary alicyclic amines) is 1. The fourth-order valence-electron chi connectivity index (χ4n) is 4.78. The van der Waals surface area contributed by atoms with Crippen LogP contribution in [0.4, 0.5) is 39.5 Å². The maximum Gasteiger partial charge on any atom is 0.490 e. The molecule has 3 N–H and O–H groups in total. The van der Waals surface area contributed by atoms with Crippen LogP contribution in [0, 0.1) is 6.92 Å². The molecule has 294 valence electrons. The summed E-state index contributed by atoms with van der Waals surface area (Å²) in [7, 11) is 0. The normalized spacial score (nSPS) is 13.2. The third kappa shape index (κ3) is 11.6. The summed E-state index contributed by atoms with van der Waals surface area (Å²) in [6, 6.07) is 14.9. The van der Waals surface area contributed by atoms with Gasteiger partial charge in [-0.1, -0.05) is 17.7 Å². The summed E-state index contributed by atoms with van der Waals surface area (Å²) < 4.78 is 102. The van der Waals surface area contributed by atoms with Gasteiger partial charge in [0.1, 0.15) is 11.5 Å². The highest BCUT2D eigenvalue weighted by Crippen LogP contribution is 2.30. The summed E-state index contributed by atoms with van der Waals surface area (Å²) in [4.78, 5) is 29.1. The molecule has 0 saturated carbocycles. The number of carboxylic acids is 3. The molecular formula is C31H29ClF9N7O6. The van der Waals surface area contributed by atoms with Crippen LogP contribution in [0.2, 0.25) is 5.02 Å². The molecule has 13 nitrogen and oxygen atoms in total. The van der Waals surface area contributed by atoms with Crippen LogP contribution < -0.4 is 0 Å². The smallest absolute Gasteiger partial charge is 0.475 e. The van der Waals surface area contributed by atoms with E-state index in [0.29, 0.717) is 6.54 Å². The first-order valence-electron chi connectivity index (χ1n) is 15.2. The Morgan fingerprint density at radius 3 is 1.72 bits per heavy atom. The van der Waals surface area contributed by atoms with Gasteiger partial charge in [-0.2, -0.15) is 44.6 Å². The molecule has 54 heavy (non-hydrogen) atoms. The molecule has 1 saturated heterocycles. The molecule has 0 unspecified atom stereocenters. The number of rotatable bonds is 6. The van der Waals surface area contributed by atoms with Crippen molar-refractivity contribution < 1.29 is 69.2 Å². The van der Waals surface area contributed by atoms with E-state index in [2.05, 4.69) is 67.4 Å². The monoisotopic (exact) mass is 801 g/mol.